The Kier molecular flexibility index (Phi) is 4.75. The van der Waals surface area contributed by atoms with Crippen molar-refractivity contribution in [3.05, 3.63) is 52.8 Å². The maximum Gasteiger partial charge on any atom is 0.222 e. The number of hydrogen-bond acceptors (Lipinski definition) is 3. The Morgan fingerprint density at radius 1 is 1.33 bits per heavy atom. The summed E-state index contributed by atoms with van der Waals surface area (Å²) in [5.41, 5.74) is 10.1. The summed E-state index contributed by atoms with van der Waals surface area (Å²) in [5.74, 6) is -0.0472. The van der Waals surface area contributed by atoms with Crippen molar-refractivity contribution in [2.45, 2.75) is 32.9 Å². The van der Waals surface area contributed by atoms with Gasteiger partial charge in [0.2, 0.25) is 5.91 Å². The summed E-state index contributed by atoms with van der Waals surface area (Å²) in [6.45, 7) is 4.44. The van der Waals surface area contributed by atoms with Crippen LogP contribution in [0.5, 0.6) is 0 Å². The number of nitrogens with one attached hydrogen (secondary N) is 1. The number of carbonyl (C=O) groups is 1. The second-order valence-corrected chi connectivity index (χ2v) is 5.27. The van der Waals surface area contributed by atoms with Gasteiger partial charge in [-0.3, -0.25) is 9.48 Å². The second-order valence-electron chi connectivity index (χ2n) is 5.27. The highest BCUT2D eigenvalue weighted by atomic mass is 16.1. The number of aromatic nitrogens is 2. The highest BCUT2D eigenvalue weighted by Crippen LogP contribution is 2.14. The molecular weight excluding hydrogens is 264 g/mol. The Bertz CT molecular complexity index is 619. The minimum atomic E-state index is -0.276. The zero-order valence-corrected chi connectivity index (χ0v) is 12.8. The van der Waals surface area contributed by atoms with E-state index >= 15 is 0 Å². The predicted octanol–water partition coefficient (Wildman–Crippen LogP) is 1.74. The number of rotatable bonds is 5. The molecule has 0 aliphatic rings. The monoisotopic (exact) mass is 286 g/mol. The first-order valence-electron chi connectivity index (χ1n) is 7.05. The highest BCUT2D eigenvalue weighted by molar-refractivity contribution is 5.76. The number of aryl methyl sites for hydroxylation is 2. The van der Waals surface area contributed by atoms with E-state index in [4.69, 9.17) is 5.73 Å². The molecule has 5 heteroatoms. The van der Waals surface area contributed by atoms with E-state index in [0.717, 1.165) is 22.5 Å². The van der Waals surface area contributed by atoms with Gasteiger partial charge < -0.3 is 11.1 Å². The van der Waals surface area contributed by atoms with E-state index in [1.165, 1.54) is 0 Å². The SMILES string of the molecule is Cc1nn(C)c(C)c1CNC(=O)CC(N)c1ccccc1. The molecule has 1 atom stereocenters. The average molecular weight is 286 g/mol. The van der Waals surface area contributed by atoms with Gasteiger partial charge in [0.1, 0.15) is 0 Å². The van der Waals surface area contributed by atoms with Gasteiger partial charge >= 0.3 is 0 Å². The molecule has 0 saturated carbocycles. The van der Waals surface area contributed by atoms with Crippen LogP contribution in [0.25, 0.3) is 0 Å². The van der Waals surface area contributed by atoms with Crippen LogP contribution < -0.4 is 11.1 Å². The molecule has 1 aromatic heterocycles. The lowest BCUT2D eigenvalue weighted by Gasteiger charge is -2.12. The summed E-state index contributed by atoms with van der Waals surface area (Å²) in [4.78, 5) is 12.0. The first kappa shape index (κ1) is 15.3. The van der Waals surface area contributed by atoms with Crippen molar-refractivity contribution in [2.75, 3.05) is 0 Å². The predicted molar refractivity (Wildman–Crippen MR) is 82.5 cm³/mol. The number of benzene rings is 1. The molecule has 2 aromatic rings. The highest BCUT2D eigenvalue weighted by Gasteiger charge is 2.13. The molecule has 1 heterocycles. The van der Waals surface area contributed by atoms with E-state index in [2.05, 4.69) is 10.4 Å². The molecule has 2 rings (SSSR count). The summed E-state index contributed by atoms with van der Waals surface area (Å²) >= 11 is 0. The smallest absolute Gasteiger partial charge is 0.222 e. The minimum absolute atomic E-state index is 0.0472. The van der Waals surface area contributed by atoms with Crippen LogP contribution in [0.2, 0.25) is 0 Å². The Morgan fingerprint density at radius 3 is 2.57 bits per heavy atom. The van der Waals surface area contributed by atoms with Crippen LogP contribution in [0.3, 0.4) is 0 Å². The van der Waals surface area contributed by atoms with Gasteiger partial charge in [0.15, 0.2) is 0 Å². The Labute approximate surface area is 125 Å². The van der Waals surface area contributed by atoms with Crippen LogP contribution in [0, 0.1) is 13.8 Å². The lowest BCUT2D eigenvalue weighted by Crippen LogP contribution is -2.27. The maximum atomic E-state index is 12.0. The van der Waals surface area contributed by atoms with Crippen LogP contribution >= 0.6 is 0 Å². The van der Waals surface area contributed by atoms with Gasteiger partial charge in [0.05, 0.1) is 5.69 Å². The molecule has 0 saturated heterocycles. The lowest BCUT2D eigenvalue weighted by atomic mass is 10.0. The van der Waals surface area contributed by atoms with E-state index in [9.17, 15) is 4.79 Å². The largest absolute Gasteiger partial charge is 0.352 e. The number of carbonyl (C=O) groups excluding carboxylic acids is 1. The van der Waals surface area contributed by atoms with E-state index < -0.39 is 0 Å². The summed E-state index contributed by atoms with van der Waals surface area (Å²) in [6, 6.07) is 9.39. The summed E-state index contributed by atoms with van der Waals surface area (Å²) < 4.78 is 1.83. The van der Waals surface area contributed by atoms with E-state index in [1.807, 2.05) is 55.9 Å². The van der Waals surface area contributed by atoms with Gasteiger partial charge in [0.25, 0.3) is 0 Å². The van der Waals surface area contributed by atoms with Crippen molar-refractivity contribution in [3.63, 3.8) is 0 Å². The number of nitrogens with two attached hydrogens (primary N) is 1. The van der Waals surface area contributed by atoms with Gasteiger partial charge in [-0.2, -0.15) is 5.10 Å². The molecule has 1 unspecified atom stereocenters. The number of nitrogens with zero attached hydrogens (tertiary/aromatic N) is 2. The molecule has 0 aliphatic heterocycles. The summed E-state index contributed by atoms with van der Waals surface area (Å²) in [7, 11) is 1.90. The van der Waals surface area contributed by atoms with Gasteiger partial charge in [-0.05, 0) is 19.4 Å². The Morgan fingerprint density at radius 2 is 2.00 bits per heavy atom. The van der Waals surface area contributed by atoms with Gasteiger partial charge in [-0.25, -0.2) is 0 Å². The van der Waals surface area contributed by atoms with Crippen molar-refractivity contribution in [1.29, 1.82) is 0 Å². The van der Waals surface area contributed by atoms with Gasteiger partial charge in [-0.15, -0.1) is 0 Å². The zero-order valence-electron chi connectivity index (χ0n) is 12.8. The first-order chi connectivity index (χ1) is 9.99. The standard InChI is InChI=1S/C16H22N4O/c1-11-14(12(2)20(3)19-11)10-18-16(21)9-15(17)13-7-5-4-6-8-13/h4-8,15H,9-10,17H2,1-3H3,(H,18,21). The second kappa shape index (κ2) is 6.54. The fourth-order valence-electron chi connectivity index (χ4n) is 2.35. The van der Waals surface area contributed by atoms with Crippen LogP contribution in [0.4, 0.5) is 0 Å². The fraction of sp³-hybridized carbons (Fsp3) is 0.375. The maximum absolute atomic E-state index is 12.0. The van der Waals surface area contributed by atoms with Crippen LogP contribution in [-0.4, -0.2) is 15.7 Å². The van der Waals surface area contributed by atoms with E-state index in [1.54, 1.807) is 0 Å². The molecule has 3 N–H and O–H groups in total. The topological polar surface area (TPSA) is 72.9 Å². The third-order valence-electron chi connectivity index (χ3n) is 3.75. The third-order valence-corrected chi connectivity index (χ3v) is 3.75. The van der Waals surface area contributed by atoms with Crippen molar-refractivity contribution in [2.24, 2.45) is 12.8 Å². The van der Waals surface area contributed by atoms with Crippen molar-refractivity contribution in [3.8, 4) is 0 Å². The fourth-order valence-corrected chi connectivity index (χ4v) is 2.35. The van der Waals surface area contributed by atoms with Crippen LogP contribution in [0.1, 0.15) is 35.0 Å². The zero-order chi connectivity index (χ0) is 15.4. The van der Waals surface area contributed by atoms with Gasteiger partial charge in [-0.1, -0.05) is 30.3 Å². The summed E-state index contributed by atoms with van der Waals surface area (Å²) in [6.07, 6.45) is 0.280. The molecular formula is C16H22N4O. The third kappa shape index (κ3) is 3.70. The van der Waals surface area contributed by atoms with Crippen molar-refractivity contribution in [1.82, 2.24) is 15.1 Å². The van der Waals surface area contributed by atoms with E-state index in [0.29, 0.717) is 6.54 Å². The number of amides is 1. The van der Waals surface area contributed by atoms with Crippen molar-refractivity contribution >= 4 is 5.91 Å². The molecule has 0 radical (unpaired) electrons. The molecule has 5 nitrogen and oxygen atoms in total. The molecule has 1 aromatic carbocycles. The molecule has 1 amide bonds. The average Bonchev–Trinajstić information content (AvgIpc) is 2.71. The molecule has 112 valence electrons. The Hall–Kier alpha value is -2.14. The van der Waals surface area contributed by atoms with Crippen molar-refractivity contribution < 1.29 is 4.79 Å². The lowest BCUT2D eigenvalue weighted by molar-refractivity contribution is -0.121. The first-order valence-corrected chi connectivity index (χ1v) is 7.05. The molecule has 21 heavy (non-hydrogen) atoms. The minimum Gasteiger partial charge on any atom is -0.352 e. The Balaban J connectivity index is 1.91. The molecule has 0 bridgehead atoms. The van der Waals surface area contributed by atoms with Gasteiger partial charge in [0, 0.05) is 37.3 Å². The molecule has 0 spiro atoms. The molecule has 0 aliphatic carbocycles. The quantitative estimate of drug-likeness (QED) is 0.879. The van der Waals surface area contributed by atoms with E-state index in [-0.39, 0.29) is 18.4 Å². The van der Waals surface area contributed by atoms with Crippen LogP contribution in [0.15, 0.2) is 30.3 Å². The van der Waals surface area contributed by atoms with Crippen LogP contribution in [-0.2, 0) is 18.4 Å². The normalized spacial score (nSPS) is 12.2. The number of hydrogen-bond donors (Lipinski definition) is 2. The molecule has 0 fully saturated rings. The summed E-state index contributed by atoms with van der Waals surface area (Å²) in [5, 5.41) is 7.26.